The SMILES string of the molecule is COC1CCN(CCC2CCCC2(C#N)NC(C)C)CC1. The Kier molecular flexibility index (Phi) is 6.04. The number of likely N-dealkylation sites (tertiary alicyclic amines) is 1. The van der Waals surface area contributed by atoms with Gasteiger partial charge in [-0.3, -0.25) is 5.32 Å². The number of ether oxygens (including phenoxy) is 1. The standard InChI is InChI=1S/C17H31N3O/c1-14(2)19-17(13-18)9-4-5-15(17)6-10-20-11-7-16(21-3)8-12-20/h14-16,19H,4-12H2,1-3H3. The third kappa shape index (κ3) is 4.18. The summed E-state index contributed by atoms with van der Waals surface area (Å²) in [7, 11) is 1.82. The summed E-state index contributed by atoms with van der Waals surface area (Å²) in [6.45, 7) is 7.70. The molecule has 21 heavy (non-hydrogen) atoms. The molecule has 2 fully saturated rings. The predicted molar refractivity (Wildman–Crippen MR) is 85.0 cm³/mol. The van der Waals surface area contributed by atoms with Crippen LogP contribution < -0.4 is 5.32 Å². The highest BCUT2D eigenvalue weighted by Gasteiger charge is 2.43. The second kappa shape index (κ2) is 7.58. The van der Waals surface area contributed by atoms with Crippen LogP contribution in [0.4, 0.5) is 0 Å². The van der Waals surface area contributed by atoms with Crippen molar-refractivity contribution in [1.29, 1.82) is 5.26 Å². The summed E-state index contributed by atoms with van der Waals surface area (Å²) in [6.07, 6.45) is 7.28. The van der Waals surface area contributed by atoms with Gasteiger partial charge in [-0.15, -0.1) is 0 Å². The third-order valence-electron chi connectivity index (χ3n) is 5.23. The van der Waals surface area contributed by atoms with Crippen molar-refractivity contribution in [3.63, 3.8) is 0 Å². The number of piperidine rings is 1. The molecule has 1 aliphatic carbocycles. The van der Waals surface area contributed by atoms with Gasteiger partial charge in [-0.1, -0.05) is 6.42 Å². The number of nitrogens with zero attached hydrogens (tertiary/aromatic N) is 2. The molecule has 120 valence electrons. The fraction of sp³-hybridized carbons (Fsp3) is 0.941. The minimum absolute atomic E-state index is 0.279. The Morgan fingerprint density at radius 3 is 2.62 bits per heavy atom. The Bertz CT molecular complexity index is 358. The Morgan fingerprint density at radius 1 is 1.33 bits per heavy atom. The number of nitrogens with one attached hydrogen (secondary N) is 1. The van der Waals surface area contributed by atoms with Crippen LogP contribution in [-0.4, -0.2) is 49.3 Å². The molecule has 1 saturated carbocycles. The Morgan fingerprint density at radius 2 is 2.05 bits per heavy atom. The van der Waals surface area contributed by atoms with Crippen molar-refractivity contribution in [2.24, 2.45) is 5.92 Å². The van der Waals surface area contributed by atoms with Crippen LogP contribution in [0.15, 0.2) is 0 Å². The van der Waals surface area contributed by atoms with Gasteiger partial charge in [-0.05, 0) is 58.4 Å². The van der Waals surface area contributed by atoms with E-state index in [9.17, 15) is 5.26 Å². The number of rotatable bonds is 6. The smallest absolute Gasteiger partial charge is 0.109 e. The second-order valence-electron chi connectivity index (χ2n) is 7.04. The average Bonchev–Trinajstić information content (AvgIpc) is 2.88. The van der Waals surface area contributed by atoms with E-state index < -0.39 is 0 Å². The zero-order chi connectivity index (χ0) is 15.3. The van der Waals surface area contributed by atoms with Crippen molar-refractivity contribution in [2.45, 2.75) is 70.1 Å². The molecule has 4 nitrogen and oxygen atoms in total. The van der Waals surface area contributed by atoms with E-state index in [0.29, 0.717) is 18.1 Å². The molecule has 0 spiro atoms. The summed E-state index contributed by atoms with van der Waals surface area (Å²) in [5.74, 6) is 0.505. The van der Waals surface area contributed by atoms with Crippen molar-refractivity contribution in [3.05, 3.63) is 0 Å². The van der Waals surface area contributed by atoms with Gasteiger partial charge in [-0.25, -0.2) is 0 Å². The topological polar surface area (TPSA) is 48.3 Å². The molecule has 1 aliphatic heterocycles. The molecule has 2 unspecified atom stereocenters. The molecule has 0 aromatic heterocycles. The molecule has 1 N–H and O–H groups in total. The van der Waals surface area contributed by atoms with Crippen LogP contribution in [0.1, 0.15) is 52.4 Å². The van der Waals surface area contributed by atoms with E-state index in [0.717, 1.165) is 45.3 Å². The van der Waals surface area contributed by atoms with Gasteiger partial charge in [-0.2, -0.15) is 5.26 Å². The van der Waals surface area contributed by atoms with Crippen LogP contribution in [-0.2, 0) is 4.74 Å². The first kappa shape index (κ1) is 16.7. The molecule has 2 atom stereocenters. The Hall–Kier alpha value is -0.630. The lowest BCUT2D eigenvalue weighted by atomic mass is 9.85. The first-order chi connectivity index (χ1) is 10.1. The van der Waals surface area contributed by atoms with Gasteiger partial charge in [0.2, 0.25) is 0 Å². The van der Waals surface area contributed by atoms with Crippen molar-refractivity contribution < 1.29 is 4.74 Å². The molecule has 0 radical (unpaired) electrons. The molecule has 0 aromatic carbocycles. The highest BCUT2D eigenvalue weighted by molar-refractivity contribution is 5.14. The fourth-order valence-electron chi connectivity index (χ4n) is 4.06. The number of methoxy groups -OCH3 is 1. The van der Waals surface area contributed by atoms with Gasteiger partial charge in [0.1, 0.15) is 5.54 Å². The monoisotopic (exact) mass is 293 g/mol. The van der Waals surface area contributed by atoms with Crippen LogP contribution in [0.25, 0.3) is 0 Å². The normalized spacial score (nSPS) is 31.7. The highest BCUT2D eigenvalue weighted by atomic mass is 16.5. The summed E-state index contributed by atoms with van der Waals surface area (Å²) >= 11 is 0. The molecular weight excluding hydrogens is 262 g/mol. The molecule has 4 heteroatoms. The maximum atomic E-state index is 9.70. The lowest BCUT2D eigenvalue weighted by molar-refractivity contribution is 0.0388. The first-order valence-electron chi connectivity index (χ1n) is 8.53. The van der Waals surface area contributed by atoms with Crippen molar-refractivity contribution in [2.75, 3.05) is 26.7 Å². The van der Waals surface area contributed by atoms with E-state index in [1.54, 1.807) is 0 Å². The minimum Gasteiger partial charge on any atom is -0.381 e. The molecule has 1 saturated heterocycles. The molecule has 0 bridgehead atoms. The van der Waals surface area contributed by atoms with E-state index >= 15 is 0 Å². The van der Waals surface area contributed by atoms with E-state index in [2.05, 4.69) is 30.1 Å². The second-order valence-corrected chi connectivity index (χ2v) is 7.04. The van der Waals surface area contributed by atoms with Crippen LogP contribution >= 0.6 is 0 Å². The van der Waals surface area contributed by atoms with Crippen LogP contribution in [0.3, 0.4) is 0 Å². The molecule has 0 aromatic rings. The largest absolute Gasteiger partial charge is 0.381 e. The Balaban J connectivity index is 1.83. The predicted octanol–water partition coefficient (Wildman–Crippen LogP) is 2.55. The summed E-state index contributed by atoms with van der Waals surface area (Å²) in [4.78, 5) is 2.55. The van der Waals surface area contributed by atoms with Gasteiger partial charge in [0.05, 0.1) is 12.2 Å². The zero-order valence-corrected chi connectivity index (χ0v) is 13.9. The third-order valence-corrected chi connectivity index (χ3v) is 5.23. The molecular formula is C17H31N3O. The van der Waals surface area contributed by atoms with Gasteiger partial charge >= 0.3 is 0 Å². The lowest BCUT2D eigenvalue weighted by Gasteiger charge is -2.35. The van der Waals surface area contributed by atoms with Crippen molar-refractivity contribution in [1.82, 2.24) is 10.2 Å². The van der Waals surface area contributed by atoms with E-state index in [1.807, 2.05) is 7.11 Å². The average molecular weight is 293 g/mol. The van der Waals surface area contributed by atoms with Crippen LogP contribution in [0, 0.1) is 17.2 Å². The van der Waals surface area contributed by atoms with Crippen LogP contribution in [0.5, 0.6) is 0 Å². The highest BCUT2D eigenvalue weighted by Crippen LogP contribution is 2.38. The summed E-state index contributed by atoms with van der Waals surface area (Å²) in [6, 6.07) is 2.99. The molecule has 1 heterocycles. The maximum Gasteiger partial charge on any atom is 0.109 e. The number of hydrogen-bond acceptors (Lipinski definition) is 4. The summed E-state index contributed by atoms with van der Waals surface area (Å²) < 4.78 is 5.43. The first-order valence-corrected chi connectivity index (χ1v) is 8.53. The van der Waals surface area contributed by atoms with E-state index in [1.165, 1.54) is 12.8 Å². The molecule has 2 rings (SSSR count). The van der Waals surface area contributed by atoms with Gasteiger partial charge in [0, 0.05) is 26.2 Å². The lowest BCUT2D eigenvalue weighted by Crippen LogP contribution is -2.51. The van der Waals surface area contributed by atoms with E-state index in [4.69, 9.17) is 4.74 Å². The number of nitriles is 1. The molecule has 2 aliphatic rings. The maximum absolute atomic E-state index is 9.70. The van der Waals surface area contributed by atoms with Gasteiger partial charge in [0.15, 0.2) is 0 Å². The zero-order valence-electron chi connectivity index (χ0n) is 13.9. The Labute approximate surface area is 129 Å². The number of hydrogen-bond donors (Lipinski definition) is 1. The van der Waals surface area contributed by atoms with Gasteiger partial charge in [0.25, 0.3) is 0 Å². The fourth-order valence-corrected chi connectivity index (χ4v) is 4.06. The molecule has 0 amide bonds. The van der Waals surface area contributed by atoms with E-state index in [-0.39, 0.29) is 5.54 Å². The minimum atomic E-state index is -0.279. The van der Waals surface area contributed by atoms with Crippen molar-refractivity contribution in [3.8, 4) is 6.07 Å². The summed E-state index contributed by atoms with van der Waals surface area (Å²) in [5, 5.41) is 13.3. The van der Waals surface area contributed by atoms with Crippen LogP contribution in [0.2, 0.25) is 0 Å². The summed E-state index contributed by atoms with van der Waals surface area (Å²) in [5.41, 5.74) is -0.279. The quantitative estimate of drug-likeness (QED) is 0.817. The van der Waals surface area contributed by atoms with Gasteiger partial charge < -0.3 is 9.64 Å². The van der Waals surface area contributed by atoms with Crippen molar-refractivity contribution >= 4 is 0 Å².